The van der Waals surface area contributed by atoms with E-state index in [0.29, 0.717) is 0 Å². The zero-order valence-corrected chi connectivity index (χ0v) is 13.6. The molecule has 0 saturated heterocycles. The van der Waals surface area contributed by atoms with Crippen LogP contribution in [0.15, 0.2) is 0 Å². The van der Waals surface area contributed by atoms with Gasteiger partial charge in [-0.2, -0.15) is 0 Å². The summed E-state index contributed by atoms with van der Waals surface area (Å²) in [6.07, 6.45) is 24.6. The first kappa shape index (κ1) is 17.7. The number of carbonyl (C=O) groups is 1. The van der Waals surface area contributed by atoms with Crippen LogP contribution in [-0.2, 0) is 4.79 Å². The van der Waals surface area contributed by atoms with Crippen LogP contribution >= 0.6 is 0 Å². The van der Waals surface area contributed by atoms with Crippen LogP contribution < -0.4 is 0 Å². The van der Waals surface area contributed by atoms with Gasteiger partial charge in [0.15, 0.2) is 0 Å². The van der Waals surface area contributed by atoms with E-state index >= 15 is 0 Å². The molecule has 0 aromatic heterocycles. The first-order valence-corrected chi connectivity index (χ1v) is 9.37. The number of unbranched alkanes of at least 4 members (excludes halogenated alkanes) is 10. The monoisotopic (exact) mass is 280 g/mol. The van der Waals surface area contributed by atoms with Crippen LogP contribution in [0, 0.1) is 5.92 Å². The molecule has 0 heterocycles. The Kier molecular flexibility index (Phi) is 12.1. The highest BCUT2D eigenvalue weighted by atomic mass is 16.1. The van der Waals surface area contributed by atoms with Gasteiger partial charge in [-0.25, -0.2) is 0 Å². The fraction of sp³-hybridized carbons (Fsp3) is 0.947. The van der Waals surface area contributed by atoms with E-state index in [0.717, 1.165) is 25.0 Å². The van der Waals surface area contributed by atoms with Crippen molar-refractivity contribution in [1.82, 2.24) is 0 Å². The molecule has 0 aliphatic heterocycles. The van der Waals surface area contributed by atoms with E-state index in [-0.39, 0.29) is 0 Å². The van der Waals surface area contributed by atoms with Crippen molar-refractivity contribution >= 4 is 6.29 Å². The summed E-state index contributed by atoms with van der Waals surface area (Å²) in [5.74, 6) is 1.08. The van der Waals surface area contributed by atoms with Crippen molar-refractivity contribution in [2.24, 2.45) is 5.92 Å². The van der Waals surface area contributed by atoms with Crippen molar-refractivity contribution in [3.05, 3.63) is 0 Å². The molecule has 0 atom stereocenters. The molecule has 0 amide bonds. The van der Waals surface area contributed by atoms with E-state index in [2.05, 4.69) is 0 Å². The van der Waals surface area contributed by atoms with Crippen LogP contribution in [0.2, 0.25) is 0 Å². The summed E-state index contributed by atoms with van der Waals surface area (Å²) in [6.45, 7) is 0. The molecule has 1 aliphatic carbocycles. The topological polar surface area (TPSA) is 17.1 Å². The molecular formula is C19H36O. The second-order valence-electron chi connectivity index (χ2n) is 6.78. The maximum Gasteiger partial charge on any atom is 0.119 e. The third-order valence-corrected chi connectivity index (χ3v) is 4.91. The molecule has 0 unspecified atom stereocenters. The van der Waals surface area contributed by atoms with Crippen LogP contribution in [0.3, 0.4) is 0 Å². The number of hydrogen-bond acceptors (Lipinski definition) is 1. The second-order valence-corrected chi connectivity index (χ2v) is 6.78. The molecule has 0 radical (unpaired) electrons. The summed E-state index contributed by atoms with van der Waals surface area (Å²) in [7, 11) is 0. The highest BCUT2D eigenvalue weighted by Crippen LogP contribution is 2.28. The summed E-state index contributed by atoms with van der Waals surface area (Å²) in [5, 5.41) is 0. The molecule has 0 aromatic rings. The van der Waals surface area contributed by atoms with Crippen molar-refractivity contribution in [1.29, 1.82) is 0 Å². The highest BCUT2D eigenvalue weighted by molar-refractivity contribution is 5.48. The highest BCUT2D eigenvalue weighted by Gasteiger charge is 2.12. The van der Waals surface area contributed by atoms with Crippen LogP contribution in [0.5, 0.6) is 0 Å². The molecule has 0 spiro atoms. The molecule has 0 bridgehead atoms. The van der Waals surface area contributed by atoms with E-state index in [1.54, 1.807) is 0 Å². The lowest BCUT2D eigenvalue weighted by atomic mass is 9.85. The molecule has 1 nitrogen and oxygen atoms in total. The third-order valence-electron chi connectivity index (χ3n) is 4.91. The van der Waals surface area contributed by atoms with E-state index in [1.165, 1.54) is 96.3 Å². The Morgan fingerprint density at radius 3 is 1.70 bits per heavy atom. The number of hydrogen-bond donors (Lipinski definition) is 0. The lowest BCUT2D eigenvalue weighted by molar-refractivity contribution is -0.107. The van der Waals surface area contributed by atoms with Crippen LogP contribution in [0.4, 0.5) is 0 Å². The van der Waals surface area contributed by atoms with Gasteiger partial charge in [-0.05, 0) is 12.3 Å². The minimum absolute atomic E-state index is 0.765. The normalized spacial score (nSPS) is 16.4. The first-order chi connectivity index (χ1) is 9.93. The average Bonchev–Trinajstić information content (AvgIpc) is 2.49. The Labute approximate surface area is 126 Å². The largest absolute Gasteiger partial charge is 0.303 e. The summed E-state index contributed by atoms with van der Waals surface area (Å²) in [5.41, 5.74) is 0. The van der Waals surface area contributed by atoms with Crippen LogP contribution in [-0.4, -0.2) is 6.29 Å². The minimum Gasteiger partial charge on any atom is -0.303 e. The SMILES string of the molecule is O=CCCCCCCCCCCCCC1CCCCC1. The van der Waals surface area contributed by atoms with Crippen molar-refractivity contribution in [2.45, 2.75) is 109 Å². The molecule has 1 rings (SSSR count). The maximum atomic E-state index is 10.2. The van der Waals surface area contributed by atoms with Gasteiger partial charge in [-0.3, -0.25) is 0 Å². The van der Waals surface area contributed by atoms with Gasteiger partial charge in [-0.15, -0.1) is 0 Å². The maximum absolute atomic E-state index is 10.2. The third kappa shape index (κ3) is 10.5. The van der Waals surface area contributed by atoms with Gasteiger partial charge in [0.1, 0.15) is 6.29 Å². The van der Waals surface area contributed by atoms with E-state index < -0.39 is 0 Å². The van der Waals surface area contributed by atoms with Gasteiger partial charge >= 0.3 is 0 Å². The molecule has 1 heteroatoms. The zero-order valence-electron chi connectivity index (χ0n) is 13.6. The molecule has 1 saturated carbocycles. The molecule has 1 fully saturated rings. The smallest absolute Gasteiger partial charge is 0.119 e. The lowest BCUT2D eigenvalue weighted by Gasteiger charge is -2.21. The van der Waals surface area contributed by atoms with Gasteiger partial charge in [0.2, 0.25) is 0 Å². The van der Waals surface area contributed by atoms with Gasteiger partial charge < -0.3 is 4.79 Å². The fourth-order valence-corrected chi connectivity index (χ4v) is 3.55. The van der Waals surface area contributed by atoms with Gasteiger partial charge in [0.05, 0.1) is 0 Å². The van der Waals surface area contributed by atoms with Gasteiger partial charge in [0.25, 0.3) is 0 Å². The Morgan fingerprint density at radius 1 is 0.650 bits per heavy atom. The first-order valence-electron chi connectivity index (χ1n) is 9.37. The molecule has 0 N–H and O–H groups in total. The summed E-state index contributed by atoms with van der Waals surface area (Å²) < 4.78 is 0. The van der Waals surface area contributed by atoms with Crippen molar-refractivity contribution in [3.63, 3.8) is 0 Å². The molecule has 118 valence electrons. The zero-order chi connectivity index (χ0) is 14.3. The summed E-state index contributed by atoms with van der Waals surface area (Å²) in [4.78, 5) is 10.2. The van der Waals surface area contributed by atoms with E-state index in [4.69, 9.17) is 0 Å². The Bertz CT molecular complexity index is 206. The molecular weight excluding hydrogens is 244 g/mol. The lowest BCUT2D eigenvalue weighted by Crippen LogP contribution is -2.05. The minimum atomic E-state index is 0.765. The van der Waals surface area contributed by atoms with Crippen LogP contribution in [0.1, 0.15) is 109 Å². The van der Waals surface area contributed by atoms with E-state index in [9.17, 15) is 4.79 Å². The summed E-state index contributed by atoms with van der Waals surface area (Å²) in [6, 6.07) is 0. The van der Waals surface area contributed by atoms with Crippen LogP contribution in [0.25, 0.3) is 0 Å². The van der Waals surface area contributed by atoms with Crippen molar-refractivity contribution < 1.29 is 4.79 Å². The molecule has 0 aromatic carbocycles. The Balaban J connectivity index is 1.71. The quantitative estimate of drug-likeness (QED) is 0.280. The number of rotatable bonds is 13. The molecule has 1 aliphatic rings. The second kappa shape index (κ2) is 13.6. The standard InChI is InChI=1S/C19H36O/c20-18-14-9-7-5-3-1-2-4-6-8-11-15-19-16-12-10-13-17-19/h18-19H,1-17H2. The van der Waals surface area contributed by atoms with Crippen molar-refractivity contribution in [2.75, 3.05) is 0 Å². The van der Waals surface area contributed by atoms with Gasteiger partial charge in [0, 0.05) is 6.42 Å². The van der Waals surface area contributed by atoms with Crippen molar-refractivity contribution in [3.8, 4) is 0 Å². The predicted molar refractivity (Wildman–Crippen MR) is 88.0 cm³/mol. The average molecular weight is 280 g/mol. The fourth-order valence-electron chi connectivity index (χ4n) is 3.55. The van der Waals surface area contributed by atoms with E-state index in [1.807, 2.05) is 0 Å². The number of aldehydes is 1. The Morgan fingerprint density at radius 2 is 1.15 bits per heavy atom. The predicted octanol–water partition coefficient (Wildman–Crippen LogP) is 6.45. The number of carbonyl (C=O) groups excluding carboxylic acids is 1. The molecule has 20 heavy (non-hydrogen) atoms. The Hall–Kier alpha value is -0.330. The summed E-state index contributed by atoms with van der Waals surface area (Å²) >= 11 is 0. The van der Waals surface area contributed by atoms with Gasteiger partial charge in [-0.1, -0.05) is 96.3 Å².